The number of amides is 3. The number of carbonyl (C=O) groups excluding carboxylic acids is 4. The van der Waals surface area contributed by atoms with Gasteiger partial charge in [-0.15, -0.1) is 0 Å². The standard InChI is InChI=1S/C35H40FN3O7/c1-22(2)30(39-34(43)46-19-29-27-16-10-8-14-25(27)26-15-9-11-17-28(26)29)32(41)38-23(3)31(40)37-21-44-20-35(4,36)33(42)45-18-24-12-6-5-7-13-24/h5-17,22-23,29-30H,18-21H2,1-4H3,(H,37,40)(H,38,41)(H,39,43)/t23-,30-,35+/m0/s1. The third-order valence-electron chi connectivity index (χ3n) is 7.68. The Morgan fingerprint density at radius 1 is 0.804 bits per heavy atom. The summed E-state index contributed by atoms with van der Waals surface area (Å²) in [5, 5.41) is 7.62. The van der Waals surface area contributed by atoms with Crippen molar-refractivity contribution in [2.45, 2.75) is 58.0 Å². The van der Waals surface area contributed by atoms with Gasteiger partial charge in [-0.1, -0.05) is 92.7 Å². The van der Waals surface area contributed by atoms with E-state index in [0.717, 1.165) is 29.2 Å². The molecule has 0 spiro atoms. The van der Waals surface area contributed by atoms with Crippen LogP contribution in [0.4, 0.5) is 9.18 Å². The molecule has 3 aromatic rings. The lowest BCUT2D eigenvalue weighted by Crippen LogP contribution is -2.54. The average Bonchev–Trinajstić information content (AvgIpc) is 3.37. The van der Waals surface area contributed by atoms with Crippen molar-refractivity contribution in [1.82, 2.24) is 16.0 Å². The van der Waals surface area contributed by atoms with E-state index in [4.69, 9.17) is 14.2 Å². The quantitative estimate of drug-likeness (QED) is 0.134. The lowest BCUT2D eigenvalue weighted by atomic mass is 9.98. The minimum Gasteiger partial charge on any atom is -0.458 e. The highest BCUT2D eigenvalue weighted by atomic mass is 19.1. The first-order chi connectivity index (χ1) is 22.0. The lowest BCUT2D eigenvalue weighted by molar-refractivity contribution is -0.162. The maximum atomic E-state index is 14.8. The predicted octanol–water partition coefficient (Wildman–Crippen LogP) is 4.62. The molecule has 0 aliphatic heterocycles. The van der Waals surface area contributed by atoms with Gasteiger partial charge in [-0.25, -0.2) is 14.0 Å². The van der Waals surface area contributed by atoms with Gasteiger partial charge in [0.2, 0.25) is 17.5 Å². The van der Waals surface area contributed by atoms with Crippen molar-refractivity contribution < 1.29 is 37.8 Å². The van der Waals surface area contributed by atoms with Gasteiger partial charge in [0.15, 0.2) is 0 Å². The molecule has 4 rings (SSSR count). The van der Waals surface area contributed by atoms with Crippen LogP contribution in [0, 0.1) is 5.92 Å². The first-order valence-corrected chi connectivity index (χ1v) is 15.2. The molecule has 3 aromatic carbocycles. The number of fused-ring (bicyclic) bond motifs is 3. The van der Waals surface area contributed by atoms with Gasteiger partial charge in [0.1, 0.15) is 32.0 Å². The van der Waals surface area contributed by atoms with Crippen molar-refractivity contribution in [2.75, 3.05) is 19.9 Å². The van der Waals surface area contributed by atoms with Crippen molar-refractivity contribution in [3.05, 3.63) is 95.6 Å². The summed E-state index contributed by atoms with van der Waals surface area (Å²) < 4.78 is 30.5. The van der Waals surface area contributed by atoms with Crippen LogP contribution >= 0.6 is 0 Å². The SMILES string of the molecule is CC(C)[C@H](NC(=O)OCC1c2ccccc2-c2ccccc21)C(=O)N[C@@H](C)C(=O)NCOC[C@@](C)(F)C(=O)OCc1ccccc1. The highest BCUT2D eigenvalue weighted by Gasteiger charge is 2.36. The number of rotatable bonds is 14. The van der Waals surface area contributed by atoms with Crippen LogP contribution in [0.2, 0.25) is 0 Å². The minimum absolute atomic E-state index is 0.0827. The van der Waals surface area contributed by atoms with Crippen LogP contribution in [0.5, 0.6) is 0 Å². The number of nitrogens with one attached hydrogen (secondary N) is 3. The number of alkyl carbamates (subject to hydrolysis) is 1. The zero-order valence-corrected chi connectivity index (χ0v) is 26.4. The van der Waals surface area contributed by atoms with Gasteiger partial charge in [0.25, 0.3) is 0 Å². The molecule has 0 aromatic heterocycles. The van der Waals surface area contributed by atoms with Gasteiger partial charge < -0.3 is 30.2 Å². The van der Waals surface area contributed by atoms with Gasteiger partial charge in [-0.3, -0.25) is 9.59 Å². The van der Waals surface area contributed by atoms with Gasteiger partial charge in [0.05, 0.1) is 6.61 Å². The zero-order valence-electron chi connectivity index (χ0n) is 26.4. The monoisotopic (exact) mass is 633 g/mol. The number of hydrogen-bond donors (Lipinski definition) is 3. The Morgan fingerprint density at radius 2 is 1.39 bits per heavy atom. The molecule has 3 N–H and O–H groups in total. The molecule has 3 atom stereocenters. The summed E-state index contributed by atoms with van der Waals surface area (Å²) >= 11 is 0. The van der Waals surface area contributed by atoms with E-state index in [-0.39, 0.29) is 25.0 Å². The van der Waals surface area contributed by atoms with Crippen molar-refractivity contribution in [3.8, 4) is 11.1 Å². The van der Waals surface area contributed by atoms with Gasteiger partial charge >= 0.3 is 12.1 Å². The van der Waals surface area contributed by atoms with E-state index in [9.17, 15) is 23.6 Å². The molecule has 0 radical (unpaired) electrons. The number of hydrogen-bond acceptors (Lipinski definition) is 7. The van der Waals surface area contributed by atoms with E-state index in [1.807, 2.05) is 54.6 Å². The fraction of sp³-hybridized carbons (Fsp3) is 0.371. The van der Waals surface area contributed by atoms with Crippen molar-refractivity contribution in [3.63, 3.8) is 0 Å². The summed E-state index contributed by atoms with van der Waals surface area (Å²) in [6, 6.07) is 22.8. The molecular weight excluding hydrogens is 593 g/mol. The summed E-state index contributed by atoms with van der Waals surface area (Å²) in [5.74, 6) is -2.73. The summed E-state index contributed by atoms with van der Waals surface area (Å²) in [6.07, 6.45) is -0.752. The van der Waals surface area contributed by atoms with Crippen LogP contribution < -0.4 is 16.0 Å². The van der Waals surface area contributed by atoms with Crippen LogP contribution in [0.25, 0.3) is 11.1 Å². The molecule has 0 fully saturated rings. The van der Waals surface area contributed by atoms with E-state index < -0.39 is 55.0 Å². The number of halogens is 1. The second-order valence-electron chi connectivity index (χ2n) is 11.7. The molecule has 0 heterocycles. The van der Waals surface area contributed by atoms with E-state index in [0.29, 0.717) is 5.56 Å². The van der Waals surface area contributed by atoms with Gasteiger partial charge in [0, 0.05) is 5.92 Å². The Balaban J connectivity index is 1.20. The number of carbonyl (C=O) groups is 4. The smallest absolute Gasteiger partial charge is 0.407 e. The van der Waals surface area contributed by atoms with Crippen molar-refractivity contribution in [1.29, 1.82) is 0 Å². The molecule has 0 saturated carbocycles. The van der Waals surface area contributed by atoms with Crippen LogP contribution in [-0.2, 0) is 35.2 Å². The second kappa shape index (κ2) is 15.5. The third kappa shape index (κ3) is 8.69. The molecule has 0 saturated heterocycles. The van der Waals surface area contributed by atoms with E-state index in [1.165, 1.54) is 6.92 Å². The highest BCUT2D eigenvalue weighted by Crippen LogP contribution is 2.44. The molecule has 244 valence electrons. The Kier molecular flexibility index (Phi) is 11.5. The summed E-state index contributed by atoms with van der Waals surface area (Å²) in [7, 11) is 0. The minimum atomic E-state index is -2.44. The van der Waals surface area contributed by atoms with Crippen molar-refractivity contribution in [2.24, 2.45) is 5.92 Å². The second-order valence-corrected chi connectivity index (χ2v) is 11.7. The van der Waals surface area contributed by atoms with Crippen molar-refractivity contribution >= 4 is 23.9 Å². The van der Waals surface area contributed by atoms with E-state index in [2.05, 4.69) is 16.0 Å². The van der Waals surface area contributed by atoms with Crippen LogP contribution in [0.3, 0.4) is 0 Å². The van der Waals surface area contributed by atoms with Crippen LogP contribution in [0.15, 0.2) is 78.9 Å². The van der Waals surface area contributed by atoms with Crippen LogP contribution in [0.1, 0.15) is 50.3 Å². The topological polar surface area (TPSA) is 132 Å². The predicted molar refractivity (Wildman–Crippen MR) is 169 cm³/mol. The molecule has 1 aliphatic carbocycles. The molecule has 3 amide bonds. The molecule has 1 aliphatic rings. The number of esters is 1. The summed E-state index contributed by atoms with van der Waals surface area (Å²) in [6.45, 7) is 4.95. The fourth-order valence-corrected chi connectivity index (χ4v) is 5.12. The average molecular weight is 634 g/mol. The van der Waals surface area contributed by atoms with Crippen LogP contribution in [-0.4, -0.2) is 61.6 Å². The number of alkyl halides is 1. The van der Waals surface area contributed by atoms with E-state index >= 15 is 0 Å². The Bertz CT molecular complexity index is 1480. The van der Waals surface area contributed by atoms with Gasteiger partial charge in [-0.2, -0.15) is 0 Å². The highest BCUT2D eigenvalue weighted by molar-refractivity contribution is 5.91. The molecular formula is C35H40FN3O7. The molecule has 0 bridgehead atoms. The first kappa shape index (κ1) is 34.1. The molecule has 46 heavy (non-hydrogen) atoms. The maximum absolute atomic E-state index is 14.8. The third-order valence-corrected chi connectivity index (χ3v) is 7.68. The van der Waals surface area contributed by atoms with Gasteiger partial charge in [-0.05, 0) is 47.6 Å². The number of ether oxygens (including phenoxy) is 3. The fourth-order valence-electron chi connectivity index (χ4n) is 5.12. The Labute approximate surface area is 268 Å². The molecule has 0 unspecified atom stereocenters. The summed E-state index contributed by atoms with van der Waals surface area (Å²) in [5.41, 5.74) is 2.61. The largest absolute Gasteiger partial charge is 0.458 e. The molecule has 11 heteroatoms. The Hall–Kier alpha value is -4.77. The first-order valence-electron chi connectivity index (χ1n) is 15.2. The zero-order chi connectivity index (χ0) is 33.3. The number of benzene rings is 3. The maximum Gasteiger partial charge on any atom is 0.407 e. The normalized spacial score (nSPS) is 14.7. The molecule has 10 nitrogen and oxygen atoms in total. The lowest BCUT2D eigenvalue weighted by Gasteiger charge is -2.24. The Morgan fingerprint density at radius 3 is 2.00 bits per heavy atom. The summed E-state index contributed by atoms with van der Waals surface area (Å²) in [4.78, 5) is 50.5. The van der Waals surface area contributed by atoms with E-state index in [1.54, 1.807) is 38.1 Å².